The first-order chi connectivity index (χ1) is 20.1. The van der Waals surface area contributed by atoms with E-state index in [4.69, 9.17) is 22.4 Å². The number of rotatable bonds is 11. The van der Waals surface area contributed by atoms with E-state index < -0.39 is 72.6 Å². The van der Waals surface area contributed by atoms with E-state index in [0.29, 0.717) is 36.9 Å². The second-order valence-corrected chi connectivity index (χ2v) is 10.0. The van der Waals surface area contributed by atoms with Crippen LogP contribution in [0.25, 0.3) is 0 Å². The first-order valence-corrected chi connectivity index (χ1v) is 13.2. The summed E-state index contributed by atoms with van der Waals surface area (Å²) in [5, 5.41) is 15.6. The van der Waals surface area contributed by atoms with Gasteiger partial charge >= 0.3 is 12.3 Å². The van der Waals surface area contributed by atoms with Crippen LogP contribution in [0.15, 0.2) is 30.3 Å². The zero-order chi connectivity index (χ0) is 31.9. The molecule has 234 valence electrons. The molecule has 0 aliphatic carbocycles. The Morgan fingerprint density at radius 2 is 1.70 bits per heavy atom. The van der Waals surface area contributed by atoms with E-state index in [1.807, 2.05) is 0 Å². The molecule has 2 aromatic carbocycles. The van der Waals surface area contributed by atoms with Crippen molar-refractivity contribution in [3.05, 3.63) is 58.1 Å². The SMILES string of the molecule is NC(=O)CC(NC(=O)O)C(=O)NCc1ccc(C(=O)Nc2ccc(Cl)cc2N2CCN(CCC(F)(F)F)CC2)c(F)c1F. The zero-order valence-corrected chi connectivity index (χ0v) is 23.2. The van der Waals surface area contributed by atoms with E-state index in [1.165, 1.54) is 18.2 Å². The van der Waals surface area contributed by atoms with E-state index in [0.717, 1.165) is 12.1 Å². The lowest BCUT2D eigenvalue weighted by Gasteiger charge is -2.37. The molecule has 1 atom stereocenters. The molecular weight excluding hydrogens is 607 g/mol. The number of hydrogen-bond donors (Lipinski definition) is 5. The third kappa shape index (κ3) is 9.68. The maximum atomic E-state index is 14.9. The number of carbonyl (C=O) groups is 4. The number of benzene rings is 2. The number of nitrogens with zero attached hydrogens (tertiary/aromatic N) is 2. The highest BCUT2D eigenvalue weighted by molar-refractivity contribution is 6.31. The van der Waals surface area contributed by atoms with Crippen molar-refractivity contribution >= 4 is 46.8 Å². The normalized spacial score (nSPS) is 14.6. The summed E-state index contributed by atoms with van der Waals surface area (Å²) in [4.78, 5) is 50.6. The fourth-order valence-corrected chi connectivity index (χ4v) is 4.49. The fourth-order valence-electron chi connectivity index (χ4n) is 4.33. The van der Waals surface area contributed by atoms with Gasteiger partial charge in [0.1, 0.15) is 6.04 Å². The quantitative estimate of drug-likeness (QED) is 0.238. The van der Waals surface area contributed by atoms with Gasteiger partial charge in [0.05, 0.1) is 29.8 Å². The molecule has 0 spiro atoms. The van der Waals surface area contributed by atoms with Crippen molar-refractivity contribution < 1.29 is 46.2 Å². The Morgan fingerprint density at radius 1 is 1.02 bits per heavy atom. The van der Waals surface area contributed by atoms with Crippen LogP contribution in [0, 0.1) is 11.6 Å². The largest absolute Gasteiger partial charge is 0.465 e. The Morgan fingerprint density at radius 3 is 2.30 bits per heavy atom. The van der Waals surface area contributed by atoms with Gasteiger partial charge in [0.15, 0.2) is 11.6 Å². The molecule has 43 heavy (non-hydrogen) atoms. The topological polar surface area (TPSA) is 157 Å². The van der Waals surface area contributed by atoms with Gasteiger partial charge < -0.3 is 31.7 Å². The number of alkyl halides is 3. The number of carboxylic acid groups (broad SMARTS) is 1. The Labute approximate surface area is 247 Å². The van der Waals surface area contributed by atoms with E-state index in [2.05, 4.69) is 10.6 Å². The molecule has 3 rings (SSSR count). The zero-order valence-electron chi connectivity index (χ0n) is 22.4. The molecule has 1 aliphatic rings. The van der Waals surface area contributed by atoms with Crippen LogP contribution in [0.5, 0.6) is 0 Å². The lowest BCUT2D eigenvalue weighted by molar-refractivity contribution is -0.138. The van der Waals surface area contributed by atoms with Crippen LogP contribution in [-0.2, 0) is 16.1 Å². The summed E-state index contributed by atoms with van der Waals surface area (Å²) in [7, 11) is 0. The molecule has 17 heteroatoms. The smallest absolute Gasteiger partial charge is 0.405 e. The van der Waals surface area contributed by atoms with Gasteiger partial charge in [-0.3, -0.25) is 19.3 Å². The van der Waals surface area contributed by atoms with Crippen molar-refractivity contribution in [1.82, 2.24) is 15.5 Å². The van der Waals surface area contributed by atoms with Gasteiger partial charge in [0.25, 0.3) is 5.91 Å². The van der Waals surface area contributed by atoms with Gasteiger partial charge in [0, 0.05) is 49.9 Å². The Bertz CT molecular complexity index is 1350. The van der Waals surface area contributed by atoms with Gasteiger partial charge in [-0.05, 0) is 24.3 Å². The van der Waals surface area contributed by atoms with Gasteiger partial charge in [-0.1, -0.05) is 17.7 Å². The molecule has 0 saturated carbocycles. The van der Waals surface area contributed by atoms with Crippen LogP contribution >= 0.6 is 11.6 Å². The Kier molecular flexibility index (Phi) is 11.1. The summed E-state index contributed by atoms with van der Waals surface area (Å²) in [6, 6.07) is 4.93. The molecule has 11 nitrogen and oxygen atoms in total. The van der Waals surface area contributed by atoms with E-state index >= 15 is 0 Å². The molecule has 1 heterocycles. The van der Waals surface area contributed by atoms with Gasteiger partial charge in [-0.2, -0.15) is 13.2 Å². The van der Waals surface area contributed by atoms with Crippen LogP contribution in [0.4, 0.5) is 38.1 Å². The van der Waals surface area contributed by atoms with Crippen LogP contribution in [0.3, 0.4) is 0 Å². The monoisotopic (exact) mass is 634 g/mol. The summed E-state index contributed by atoms with van der Waals surface area (Å²) in [5.41, 5.74) is 4.62. The van der Waals surface area contributed by atoms with Crippen molar-refractivity contribution in [3.8, 4) is 0 Å². The number of primary amides is 1. The molecule has 1 aliphatic heterocycles. The maximum Gasteiger partial charge on any atom is 0.405 e. The molecular formula is C26H28ClF5N6O5. The lowest BCUT2D eigenvalue weighted by atomic mass is 10.1. The minimum absolute atomic E-state index is 0.145. The number of nitrogens with two attached hydrogens (primary N) is 1. The average molecular weight is 635 g/mol. The summed E-state index contributed by atoms with van der Waals surface area (Å²) < 4.78 is 67.5. The number of carbonyl (C=O) groups excluding carboxylic acids is 3. The molecule has 6 N–H and O–H groups in total. The van der Waals surface area contributed by atoms with Gasteiger partial charge in [0.2, 0.25) is 11.8 Å². The summed E-state index contributed by atoms with van der Waals surface area (Å²) >= 11 is 6.13. The van der Waals surface area contributed by atoms with Crippen LogP contribution < -0.4 is 26.6 Å². The number of piperazine rings is 1. The molecule has 1 unspecified atom stereocenters. The number of halogens is 6. The Balaban J connectivity index is 1.69. The maximum absolute atomic E-state index is 14.9. The highest BCUT2D eigenvalue weighted by Gasteiger charge is 2.29. The number of hydrogen-bond acceptors (Lipinski definition) is 6. The predicted octanol–water partition coefficient (Wildman–Crippen LogP) is 3.07. The van der Waals surface area contributed by atoms with Crippen molar-refractivity contribution in [3.63, 3.8) is 0 Å². The van der Waals surface area contributed by atoms with Crippen LogP contribution in [0.1, 0.15) is 28.8 Å². The van der Waals surface area contributed by atoms with E-state index in [9.17, 15) is 41.1 Å². The molecule has 2 aromatic rings. The fraction of sp³-hybridized carbons (Fsp3) is 0.385. The highest BCUT2D eigenvalue weighted by Crippen LogP contribution is 2.31. The molecule has 1 fully saturated rings. The summed E-state index contributed by atoms with van der Waals surface area (Å²) in [6.45, 7) is 0.553. The first-order valence-electron chi connectivity index (χ1n) is 12.8. The minimum Gasteiger partial charge on any atom is -0.465 e. The van der Waals surface area contributed by atoms with Crippen molar-refractivity contribution in [1.29, 1.82) is 0 Å². The molecule has 0 radical (unpaired) electrons. The standard InChI is InChI=1S/C26H28ClF5N6O5/c27-15-2-4-17(19(11-15)38-9-7-37(8-10-38)6-5-26(30,31)32)35-23(40)16-3-1-14(21(28)22(16)29)13-34-24(41)18(12-20(33)39)36-25(42)43/h1-4,11,18,36H,5-10,12-13H2,(H2,33,39)(H,34,41)(H,35,40)(H,42,43). The molecule has 0 bridgehead atoms. The van der Waals surface area contributed by atoms with Crippen LogP contribution in [-0.4, -0.2) is 78.8 Å². The van der Waals surface area contributed by atoms with Crippen molar-refractivity contribution in [2.45, 2.75) is 31.6 Å². The lowest BCUT2D eigenvalue weighted by Crippen LogP contribution is -2.48. The van der Waals surface area contributed by atoms with E-state index in [-0.39, 0.29) is 17.8 Å². The second kappa shape index (κ2) is 14.3. The summed E-state index contributed by atoms with van der Waals surface area (Å²) in [5.74, 6) is -5.97. The predicted molar refractivity (Wildman–Crippen MR) is 146 cm³/mol. The van der Waals surface area contributed by atoms with Crippen LogP contribution in [0.2, 0.25) is 5.02 Å². The number of amides is 4. The van der Waals surface area contributed by atoms with Gasteiger partial charge in [-0.15, -0.1) is 0 Å². The molecule has 4 amide bonds. The number of nitrogens with one attached hydrogen (secondary N) is 3. The highest BCUT2D eigenvalue weighted by atomic mass is 35.5. The van der Waals surface area contributed by atoms with Crippen molar-refractivity contribution in [2.75, 3.05) is 42.9 Å². The summed E-state index contributed by atoms with van der Waals surface area (Å²) in [6.07, 6.45) is -7.48. The number of anilines is 2. The third-order valence-electron chi connectivity index (χ3n) is 6.51. The van der Waals surface area contributed by atoms with E-state index in [1.54, 1.807) is 15.1 Å². The minimum atomic E-state index is -4.27. The Hall–Kier alpha value is -4.18. The molecule has 0 aromatic heterocycles. The second-order valence-electron chi connectivity index (χ2n) is 9.60. The average Bonchev–Trinajstić information content (AvgIpc) is 2.92. The first kappa shape index (κ1) is 33.3. The molecule has 1 saturated heterocycles. The third-order valence-corrected chi connectivity index (χ3v) is 6.75. The van der Waals surface area contributed by atoms with Gasteiger partial charge in [-0.25, -0.2) is 13.6 Å². The van der Waals surface area contributed by atoms with Crippen molar-refractivity contribution in [2.24, 2.45) is 5.73 Å².